The Morgan fingerprint density at radius 3 is 2.69 bits per heavy atom. The van der Waals surface area contributed by atoms with Crippen LogP contribution in [0.3, 0.4) is 0 Å². The molecule has 3 aromatic rings. The molecule has 1 aliphatic rings. The molecule has 0 bridgehead atoms. The van der Waals surface area contributed by atoms with Gasteiger partial charge in [0, 0.05) is 36.5 Å². The topological polar surface area (TPSA) is 49.0 Å². The molecule has 4 nitrogen and oxygen atoms in total. The van der Waals surface area contributed by atoms with Crippen LogP contribution in [0.5, 0.6) is 0 Å². The normalized spacial score (nSPS) is 14.2. The highest BCUT2D eigenvalue weighted by atomic mass is 32.2. The summed E-state index contributed by atoms with van der Waals surface area (Å²) < 4.78 is 0. The predicted octanol–water partition coefficient (Wildman–Crippen LogP) is 3.72. The molecule has 2 heterocycles. The van der Waals surface area contributed by atoms with Crippen LogP contribution in [0, 0.1) is 0 Å². The summed E-state index contributed by atoms with van der Waals surface area (Å²) in [5, 5.41) is 0. The van der Waals surface area contributed by atoms with Gasteiger partial charge in [0.1, 0.15) is 5.82 Å². The Morgan fingerprint density at radius 1 is 1.12 bits per heavy atom. The summed E-state index contributed by atoms with van der Waals surface area (Å²) in [5.41, 5.74) is 3.98. The van der Waals surface area contributed by atoms with E-state index in [0.29, 0.717) is 12.4 Å². The second-order valence-corrected chi connectivity index (χ2v) is 7.33. The van der Waals surface area contributed by atoms with E-state index >= 15 is 0 Å². The molecule has 132 valence electrons. The molecule has 2 aromatic carbocycles. The third-order valence-electron chi connectivity index (χ3n) is 4.78. The first-order chi connectivity index (χ1) is 12.7. The molecule has 0 atom stereocenters. The van der Waals surface area contributed by atoms with Crippen molar-refractivity contribution in [1.82, 2.24) is 14.9 Å². The van der Waals surface area contributed by atoms with Crippen molar-refractivity contribution in [2.45, 2.75) is 24.4 Å². The van der Waals surface area contributed by atoms with E-state index in [1.165, 1.54) is 10.5 Å². The number of hydrogen-bond acceptors (Lipinski definition) is 4. The van der Waals surface area contributed by atoms with Gasteiger partial charge in [0.25, 0.3) is 5.56 Å². The first-order valence-corrected chi connectivity index (χ1v) is 9.99. The lowest BCUT2D eigenvalue weighted by Crippen LogP contribution is -2.35. The summed E-state index contributed by atoms with van der Waals surface area (Å²) in [6, 6.07) is 18.3. The van der Waals surface area contributed by atoms with E-state index in [1.807, 2.05) is 30.3 Å². The Morgan fingerprint density at radius 2 is 1.88 bits per heavy atom. The average Bonchev–Trinajstić information content (AvgIpc) is 2.69. The maximum absolute atomic E-state index is 12.7. The van der Waals surface area contributed by atoms with Crippen molar-refractivity contribution in [2.24, 2.45) is 0 Å². The number of nitrogens with zero attached hydrogens (tertiary/aromatic N) is 2. The number of aromatic amines is 1. The van der Waals surface area contributed by atoms with Gasteiger partial charge in [0.2, 0.25) is 0 Å². The van der Waals surface area contributed by atoms with E-state index in [-0.39, 0.29) is 5.56 Å². The van der Waals surface area contributed by atoms with Gasteiger partial charge in [0.15, 0.2) is 0 Å². The zero-order valence-corrected chi connectivity index (χ0v) is 15.6. The first kappa shape index (κ1) is 17.1. The van der Waals surface area contributed by atoms with Gasteiger partial charge in [-0.15, -0.1) is 11.8 Å². The predicted molar refractivity (Wildman–Crippen MR) is 106 cm³/mol. The molecule has 0 spiro atoms. The quantitative estimate of drug-likeness (QED) is 0.718. The van der Waals surface area contributed by atoms with Crippen LogP contribution in [0.1, 0.15) is 16.8 Å². The Balaban J connectivity index is 1.59. The highest BCUT2D eigenvalue weighted by Gasteiger charge is 2.22. The zero-order chi connectivity index (χ0) is 17.9. The molecule has 1 aromatic heterocycles. The van der Waals surface area contributed by atoms with Crippen molar-refractivity contribution >= 4 is 11.8 Å². The third-order valence-corrected chi connectivity index (χ3v) is 5.62. The number of fused-ring (bicyclic) bond motifs is 1. The SMILES string of the molecule is CSc1ccccc1CN1CCc2nc(-c3ccccc3)[nH]c(=O)c2C1. The maximum atomic E-state index is 12.7. The largest absolute Gasteiger partial charge is 0.306 e. The summed E-state index contributed by atoms with van der Waals surface area (Å²) in [5.74, 6) is 0.663. The molecule has 0 saturated carbocycles. The highest BCUT2D eigenvalue weighted by molar-refractivity contribution is 7.98. The van der Waals surface area contributed by atoms with Crippen molar-refractivity contribution in [3.05, 3.63) is 81.8 Å². The number of benzene rings is 2. The van der Waals surface area contributed by atoms with Gasteiger partial charge in [-0.05, 0) is 17.9 Å². The van der Waals surface area contributed by atoms with E-state index in [2.05, 4.69) is 40.4 Å². The minimum absolute atomic E-state index is 0.0169. The van der Waals surface area contributed by atoms with Crippen LogP contribution < -0.4 is 5.56 Å². The molecule has 1 N–H and O–H groups in total. The molecular formula is C21H21N3OS. The fraction of sp³-hybridized carbons (Fsp3) is 0.238. The van der Waals surface area contributed by atoms with Crippen LogP contribution >= 0.6 is 11.8 Å². The van der Waals surface area contributed by atoms with Crippen LogP contribution in [0.2, 0.25) is 0 Å². The van der Waals surface area contributed by atoms with Gasteiger partial charge in [-0.1, -0.05) is 48.5 Å². The van der Waals surface area contributed by atoms with Gasteiger partial charge in [-0.2, -0.15) is 0 Å². The second-order valence-electron chi connectivity index (χ2n) is 6.48. The van der Waals surface area contributed by atoms with Crippen LogP contribution in [0.25, 0.3) is 11.4 Å². The monoisotopic (exact) mass is 363 g/mol. The molecule has 1 aliphatic heterocycles. The molecule has 4 rings (SSSR count). The smallest absolute Gasteiger partial charge is 0.255 e. The molecule has 0 unspecified atom stereocenters. The van der Waals surface area contributed by atoms with Crippen LogP contribution in [0.15, 0.2) is 64.3 Å². The number of nitrogens with one attached hydrogen (secondary N) is 1. The van der Waals surface area contributed by atoms with Crippen molar-refractivity contribution in [2.75, 3.05) is 12.8 Å². The van der Waals surface area contributed by atoms with Gasteiger partial charge in [-0.25, -0.2) is 4.98 Å². The minimum atomic E-state index is -0.0169. The average molecular weight is 363 g/mol. The number of rotatable bonds is 4. The Hall–Kier alpha value is -2.37. The molecule has 26 heavy (non-hydrogen) atoms. The van der Waals surface area contributed by atoms with E-state index in [9.17, 15) is 4.79 Å². The summed E-state index contributed by atoms with van der Waals surface area (Å²) >= 11 is 1.77. The molecule has 5 heteroatoms. The molecule has 0 radical (unpaired) electrons. The lowest BCUT2D eigenvalue weighted by Gasteiger charge is -2.28. The van der Waals surface area contributed by atoms with Gasteiger partial charge in [0.05, 0.1) is 11.3 Å². The van der Waals surface area contributed by atoms with E-state index in [1.54, 1.807) is 11.8 Å². The summed E-state index contributed by atoms with van der Waals surface area (Å²) in [4.78, 5) is 24.0. The lowest BCUT2D eigenvalue weighted by atomic mass is 10.1. The van der Waals surface area contributed by atoms with Crippen molar-refractivity contribution < 1.29 is 0 Å². The maximum Gasteiger partial charge on any atom is 0.255 e. The van der Waals surface area contributed by atoms with Crippen LogP contribution in [0.4, 0.5) is 0 Å². The van der Waals surface area contributed by atoms with E-state index < -0.39 is 0 Å². The van der Waals surface area contributed by atoms with Crippen LogP contribution in [-0.2, 0) is 19.5 Å². The standard InChI is InChI=1S/C21H21N3OS/c1-26-19-10-6-5-9-16(19)13-24-12-11-18-17(14-24)21(25)23-20(22-18)15-7-3-2-4-8-15/h2-10H,11-14H2,1H3,(H,22,23,25). The second kappa shape index (κ2) is 7.48. The third kappa shape index (κ3) is 3.45. The molecular weight excluding hydrogens is 342 g/mol. The zero-order valence-electron chi connectivity index (χ0n) is 14.7. The van der Waals surface area contributed by atoms with Gasteiger partial charge in [-0.3, -0.25) is 9.69 Å². The van der Waals surface area contributed by atoms with Gasteiger partial charge < -0.3 is 4.98 Å². The summed E-state index contributed by atoms with van der Waals surface area (Å²) in [6.07, 6.45) is 2.91. The molecule has 0 aliphatic carbocycles. The number of hydrogen-bond donors (Lipinski definition) is 1. The molecule has 0 amide bonds. The number of aromatic nitrogens is 2. The van der Waals surface area contributed by atoms with Gasteiger partial charge >= 0.3 is 0 Å². The fourth-order valence-electron chi connectivity index (χ4n) is 3.42. The summed E-state index contributed by atoms with van der Waals surface area (Å²) in [7, 11) is 0. The number of H-pyrrole nitrogens is 1. The Kier molecular flexibility index (Phi) is 4.91. The lowest BCUT2D eigenvalue weighted by molar-refractivity contribution is 0.240. The Labute approximate surface area is 157 Å². The fourth-order valence-corrected chi connectivity index (χ4v) is 4.03. The molecule has 0 fully saturated rings. The first-order valence-electron chi connectivity index (χ1n) is 8.76. The van der Waals surface area contributed by atoms with Crippen molar-refractivity contribution in [3.63, 3.8) is 0 Å². The van der Waals surface area contributed by atoms with Crippen LogP contribution in [-0.4, -0.2) is 27.7 Å². The van der Waals surface area contributed by atoms with Crippen molar-refractivity contribution in [3.8, 4) is 11.4 Å². The Bertz CT molecular complexity index is 968. The molecule has 0 saturated heterocycles. The highest BCUT2D eigenvalue weighted by Crippen LogP contribution is 2.24. The van der Waals surface area contributed by atoms with Crippen molar-refractivity contribution in [1.29, 1.82) is 0 Å². The summed E-state index contributed by atoms with van der Waals surface area (Å²) in [6.45, 7) is 2.42. The van der Waals surface area contributed by atoms with E-state index in [0.717, 1.165) is 36.3 Å². The number of thioether (sulfide) groups is 1. The van der Waals surface area contributed by atoms with E-state index in [4.69, 9.17) is 4.98 Å². The minimum Gasteiger partial charge on any atom is -0.306 e.